The minimum atomic E-state index is 0.134. The highest BCUT2D eigenvalue weighted by Crippen LogP contribution is 2.26. The van der Waals surface area contributed by atoms with E-state index in [-0.39, 0.29) is 5.78 Å². The molecule has 0 saturated carbocycles. The van der Waals surface area contributed by atoms with Gasteiger partial charge in [-0.05, 0) is 37.3 Å². The van der Waals surface area contributed by atoms with Gasteiger partial charge in [0, 0.05) is 21.8 Å². The second-order valence-electron chi connectivity index (χ2n) is 3.03. The van der Waals surface area contributed by atoms with Crippen molar-refractivity contribution in [1.29, 1.82) is 0 Å². The van der Waals surface area contributed by atoms with Crippen molar-refractivity contribution in [2.45, 2.75) is 16.2 Å². The van der Waals surface area contributed by atoms with Crippen molar-refractivity contribution in [1.82, 2.24) is 0 Å². The third-order valence-corrected chi connectivity index (χ3v) is 3.58. The zero-order chi connectivity index (χ0) is 11.3. The molecule has 0 aliphatic carbocycles. The first kappa shape index (κ1) is 12.6. The van der Waals surface area contributed by atoms with E-state index in [9.17, 15) is 4.79 Å². The topological polar surface area (TPSA) is 43.1 Å². The number of carbonyl (C=O) groups excluding carboxylic acids is 1. The van der Waals surface area contributed by atoms with Crippen molar-refractivity contribution >= 4 is 29.3 Å². The predicted molar refractivity (Wildman–Crippen MR) is 68.0 cm³/mol. The van der Waals surface area contributed by atoms with Crippen molar-refractivity contribution in [2.24, 2.45) is 5.73 Å². The summed E-state index contributed by atoms with van der Waals surface area (Å²) in [6.07, 6.45) is 4.44. The lowest BCUT2D eigenvalue weighted by molar-refractivity contribution is 0.0982. The van der Waals surface area contributed by atoms with Crippen LogP contribution in [0.3, 0.4) is 0 Å². The van der Waals surface area contributed by atoms with Gasteiger partial charge in [0.15, 0.2) is 5.78 Å². The Labute approximate surface area is 99.0 Å². The van der Waals surface area contributed by atoms with E-state index in [1.807, 2.05) is 24.6 Å². The van der Waals surface area contributed by atoms with E-state index in [1.54, 1.807) is 23.5 Å². The number of benzene rings is 1. The van der Waals surface area contributed by atoms with Crippen molar-refractivity contribution in [3.8, 4) is 0 Å². The summed E-state index contributed by atoms with van der Waals surface area (Å²) in [6.45, 7) is 0.414. The van der Waals surface area contributed by atoms with Crippen LogP contribution in [-0.2, 0) is 0 Å². The maximum Gasteiger partial charge on any atom is 0.165 e. The van der Waals surface area contributed by atoms with Gasteiger partial charge in [-0.3, -0.25) is 4.79 Å². The molecular weight excluding hydrogens is 226 g/mol. The van der Waals surface area contributed by atoms with Gasteiger partial charge in [0.2, 0.25) is 0 Å². The van der Waals surface area contributed by atoms with Gasteiger partial charge in [-0.25, -0.2) is 0 Å². The molecule has 0 radical (unpaired) electrons. The van der Waals surface area contributed by atoms with Crippen molar-refractivity contribution in [3.63, 3.8) is 0 Å². The largest absolute Gasteiger partial charge is 0.330 e. The molecule has 0 heterocycles. The van der Waals surface area contributed by atoms with Crippen molar-refractivity contribution < 1.29 is 4.79 Å². The lowest BCUT2D eigenvalue weighted by atomic mass is 10.1. The second-order valence-corrected chi connectivity index (χ2v) is 4.76. The summed E-state index contributed by atoms with van der Waals surface area (Å²) in [4.78, 5) is 13.9. The normalized spacial score (nSPS) is 10.3. The van der Waals surface area contributed by atoms with Gasteiger partial charge < -0.3 is 5.73 Å². The fourth-order valence-electron chi connectivity index (χ4n) is 1.29. The number of rotatable bonds is 5. The van der Waals surface area contributed by atoms with E-state index in [2.05, 4.69) is 6.07 Å². The second kappa shape index (κ2) is 6.20. The zero-order valence-electron chi connectivity index (χ0n) is 8.95. The van der Waals surface area contributed by atoms with Gasteiger partial charge in [-0.1, -0.05) is 0 Å². The van der Waals surface area contributed by atoms with Crippen molar-refractivity contribution in [2.75, 3.05) is 19.1 Å². The Bertz CT molecular complexity index is 352. The van der Waals surface area contributed by atoms with E-state index < -0.39 is 0 Å². The molecule has 2 nitrogen and oxygen atoms in total. The molecule has 1 aromatic rings. The lowest BCUT2D eigenvalue weighted by Crippen LogP contribution is -2.09. The van der Waals surface area contributed by atoms with Crippen LogP contribution in [0.15, 0.2) is 28.0 Å². The number of hydrogen-bond donors (Lipinski definition) is 1. The maximum atomic E-state index is 11.7. The van der Waals surface area contributed by atoms with Gasteiger partial charge in [0.25, 0.3) is 0 Å². The maximum absolute atomic E-state index is 11.7. The third kappa shape index (κ3) is 3.26. The first-order valence-electron chi connectivity index (χ1n) is 4.68. The Morgan fingerprint density at radius 2 is 2.07 bits per heavy atom. The molecular formula is C11H15NOS2. The van der Waals surface area contributed by atoms with Gasteiger partial charge in [-0.2, -0.15) is 0 Å². The van der Waals surface area contributed by atoms with Gasteiger partial charge in [0.1, 0.15) is 0 Å². The highest BCUT2D eigenvalue weighted by Gasteiger charge is 2.10. The minimum Gasteiger partial charge on any atom is -0.330 e. The van der Waals surface area contributed by atoms with Gasteiger partial charge in [-0.15, -0.1) is 23.5 Å². The highest BCUT2D eigenvalue weighted by atomic mass is 32.2. The van der Waals surface area contributed by atoms with Crippen LogP contribution in [0.5, 0.6) is 0 Å². The molecule has 0 aliphatic rings. The molecule has 82 valence electrons. The Hall–Kier alpha value is -0.450. The molecule has 0 amide bonds. The van der Waals surface area contributed by atoms with Crippen molar-refractivity contribution in [3.05, 3.63) is 23.8 Å². The summed E-state index contributed by atoms with van der Waals surface area (Å²) in [6, 6.07) is 5.93. The monoisotopic (exact) mass is 241 g/mol. The van der Waals surface area contributed by atoms with Gasteiger partial charge >= 0.3 is 0 Å². The molecule has 0 unspecified atom stereocenters. The Balaban J connectivity index is 3.02. The SMILES string of the molecule is CSc1ccc(C(=O)CCN)c(SC)c1. The van der Waals surface area contributed by atoms with Crippen LogP contribution in [0.25, 0.3) is 0 Å². The summed E-state index contributed by atoms with van der Waals surface area (Å²) < 4.78 is 0. The minimum absolute atomic E-state index is 0.134. The van der Waals surface area contributed by atoms with E-state index in [0.717, 1.165) is 10.5 Å². The average molecular weight is 241 g/mol. The van der Waals surface area contributed by atoms with Crippen LogP contribution in [0.1, 0.15) is 16.8 Å². The number of carbonyl (C=O) groups is 1. The number of nitrogens with two attached hydrogens (primary N) is 1. The van der Waals surface area contributed by atoms with Crippen LogP contribution in [0.4, 0.5) is 0 Å². The summed E-state index contributed by atoms with van der Waals surface area (Å²) in [5.41, 5.74) is 6.18. The summed E-state index contributed by atoms with van der Waals surface area (Å²) >= 11 is 3.29. The van der Waals surface area contributed by atoms with E-state index in [0.29, 0.717) is 13.0 Å². The molecule has 1 aromatic carbocycles. The molecule has 0 aromatic heterocycles. The number of Topliss-reactive ketones (excluding diaryl/α,β-unsaturated/α-hetero) is 1. The standard InChI is InChI=1S/C11H15NOS2/c1-14-8-3-4-9(10(13)5-6-12)11(7-8)15-2/h3-4,7H,5-6,12H2,1-2H3. The Morgan fingerprint density at radius 1 is 1.33 bits per heavy atom. The smallest absolute Gasteiger partial charge is 0.165 e. The zero-order valence-corrected chi connectivity index (χ0v) is 10.6. The molecule has 1 rings (SSSR count). The molecule has 15 heavy (non-hydrogen) atoms. The average Bonchev–Trinajstić information content (AvgIpc) is 2.28. The lowest BCUT2D eigenvalue weighted by Gasteiger charge is -2.07. The number of thioether (sulfide) groups is 2. The molecule has 0 atom stereocenters. The molecule has 0 spiro atoms. The van der Waals surface area contributed by atoms with E-state index in [4.69, 9.17) is 5.73 Å². The molecule has 0 aliphatic heterocycles. The van der Waals surface area contributed by atoms with Crippen LogP contribution in [0, 0.1) is 0 Å². The van der Waals surface area contributed by atoms with Crippen LogP contribution < -0.4 is 5.73 Å². The molecule has 0 bridgehead atoms. The summed E-state index contributed by atoms with van der Waals surface area (Å²) in [5.74, 6) is 0.134. The first-order chi connectivity index (χ1) is 7.22. The summed E-state index contributed by atoms with van der Waals surface area (Å²) in [5, 5.41) is 0. The molecule has 0 fully saturated rings. The molecule has 2 N–H and O–H groups in total. The van der Waals surface area contributed by atoms with Crippen LogP contribution >= 0.6 is 23.5 Å². The summed E-state index contributed by atoms with van der Waals surface area (Å²) in [7, 11) is 0. The fourth-order valence-corrected chi connectivity index (χ4v) is 2.46. The van der Waals surface area contributed by atoms with E-state index in [1.165, 1.54) is 4.90 Å². The van der Waals surface area contributed by atoms with Gasteiger partial charge in [0.05, 0.1) is 0 Å². The van der Waals surface area contributed by atoms with Crippen LogP contribution in [-0.4, -0.2) is 24.8 Å². The molecule has 0 saturated heterocycles. The number of ketones is 1. The third-order valence-electron chi connectivity index (χ3n) is 2.08. The fraction of sp³-hybridized carbons (Fsp3) is 0.364. The first-order valence-corrected chi connectivity index (χ1v) is 7.13. The Kier molecular flexibility index (Phi) is 5.22. The molecule has 4 heteroatoms. The van der Waals surface area contributed by atoms with E-state index >= 15 is 0 Å². The predicted octanol–water partition coefficient (Wildman–Crippen LogP) is 2.66. The Morgan fingerprint density at radius 3 is 2.60 bits per heavy atom. The number of hydrogen-bond acceptors (Lipinski definition) is 4. The quantitative estimate of drug-likeness (QED) is 0.636. The highest BCUT2D eigenvalue weighted by molar-refractivity contribution is 7.99. The van der Waals surface area contributed by atoms with Crippen LogP contribution in [0.2, 0.25) is 0 Å².